The van der Waals surface area contributed by atoms with E-state index in [0.29, 0.717) is 18.0 Å². The number of methoxy groups -OCH3 is 1. The van der Waals surface area contributed by atoms with Gasteiger partial charge in [0.15, 0.2) is 0 Å². The summed E-state index contributed by atoms with van der Waals surface area (Å²) in [6.07, 6.45) is 2.55. The maximum Gasteiger partial charge on any atom is 0.250 e. The summed E-state index contributed by atoms with van der Waals surface area (Å²) in [5.74, 6) is -1.39. The van der Waals surface area contributed by atoms with Gasteiger partial charge in [0.25, 0.3) is 0 Å². The number of hydrogen-bond donors (Lipinski definition) is 1. The van der Waals surface area contributed by atoms with Gasteiger partial charge in [0, 0.05) is 23.4 Å². The van der Waals surface area contributed by atoms with Crippen molar-refractivity contribution in [2.75, 3.05) is 23.9 Å². The predicted octanol–water partition coefficient (Wildman–Crippen LogP) is 2.69. The summed E-state index contributed by atoms with van der Waals surface area (Å²) in [4.78, 5) is 44.8. The topological polar surface area (TPSA) is 79.0 Å². The molecular formula is C25H25N3O4. The fourth-order valence-corrected chi connectivity index (χ4v) is 6.47. The van der Waals surface area contributed by atoms with E-state index >= 15 is 0 Å². The molecule has 2 aromatic carbocycles. The Kier molecular flexibility index (Phi) is 4.05. The lowest BCUT2D eigenvalue weighted by Crippen LogP contribution is -2.54. The summed E-state index contributed by atoms with van der Waals surface area (Å²) >= 11 is 0. The van der Waals surface area contributed by atoms with Gasteiger partial charge in [-0.25, -0.2) is 4.90 Å². The molecular weight excluding hydrogens is 406 g/mol. The molecule has 32 heavy (non-hydrogen) atoms. The van der Waals surface area contributed by atoms with E-state index in [1.165, 1.54) is 4.90 Å². The van der Waals surface area contributed by atoms with Crippen LogP contribution in [0, 0.1) is 11.8 Å². The highest BCUT2D eigenvalue weighted by molar-refractivity contribution is 6.25. The van der Waals surface area contributed by atoms with Crippen LogP contribution < -0.4 is 15.0 Å². The van der Waals surface area contributed by atoms with Crippen molar-refractivity contribution in [3.05, 3.63) is 53.6 Å². The maximum atomic E-state index is 14.0. The van der Waals surface area contributed by atoms with Crippen molar-refractivity contribution in [3.63, 3.8) is 0 Å². The first-order valence-electron chi connectivity index (χ1n) is 11.3. The van der Waals surface area contributed by atoms with Crippen molar-refractivity contribution in [3.8, 4) is 5.75 Å². The Hall–Kier alpha value is -3.19. The van der Waals surface area contributed by atoms with Crippen molar-refractivity contribution < 1.29 is 19.1 Å². The Balaban J connectivity index is 1.54. The van der Waals surface area contributed by atoms with Crippen LogP contribution in [0.4, 0.5) is 11.4 Å². The molecule has 7 nitrogen and oxygen atoms in total. The molecule has 3 amide bonds. The van der Waals surface area contributed by atoms with Gasteiger partial charge >= 0.3 is 0 Å². The summed E-state index contributed by atoms with van der Waals surface area (Å²) in [5, 5.41) is 3.03. The number of imide groups is 1. The Morgan fingerprint density at radius 3 is 2.75 bits per heavy atom. The Labute approximate surface area is 186 Å². The standard InChI is InChI=1S/C25H25N3O4/c1-3-14-9-10-18-17(12-14)25(24(31)26-18)21-20(19-8-5-11-27(19)25)22(29)28(23(21)30)15-6-4-7-16(13-15)32-2/h4,6-7,9-10,12-13,19-21H,3,5,8,11H2,1-2H3,(H,26,31). The van der Waals surface area contributed by atoms with E-state index in [9.17, 15) is 14.4 Å². The lowest BCUT2D eigenvalue weighted by atomic mass is 9.75. The van der Waals surface area contributed by atoms with Crippen LogP contribution in [0.2, 0.25) is 0 Å². The first-order chi connectivity index (χ1) is 15.5. The van der Waals surface area contributed by atoms with Crippen LogP contribution in [0.5, 0.6) is 5.75 Å². The second kappa shape index (κ2) is 6.65. The first-order valence-corrected chi connectivity index (χ1v) is 11.3. The molecule has 4 atom stereocenters. The van der Waals surface area contributed by atoms with E-state index in [2.05, 4.69) is 23.2 Å². The molecule has 0 radical (unpaired) electrons. The lowest BCUT2D eigenvalue weighted by molar-refractivity contribution is -0.135. The number of anilines is 2. The fourth-order valence-electron chi connectivity index (χ4n) is 6.47. The van der Waals surface area contributed by atoms with E-state index < -0.39 is 17.4 Å². The number of fused-ring (bicyclic) bond motifs is 7. The predicted molar refractivity (Wildman–Crippen MR) is 118 cm³/mol. The average molecular weight is 431 g/mol. The number of benzene rings is 2. The Morgan fingerprint density at radius 1 is 1.12 bits per heavy atom. The number of nitrogens with zero attached hydrogens (tertiary/aromatic N) is 2. The van der Waals surface area contributed by atoms with Gasteiger partial charge in [-0.05, 0) is 49.6 Å². The summed E-state index contributed by atoms with van der Waals surface area (Å²) in [6, 6.07) is 12.9. The third kappa shape index (κ3) is 2.21. The number of carbonyl (C=O) groups excluding carboxylic acids is 3. The molecule has 1 N–H and O–H groups in total. The minimum absolute atomic E-state index is 0.117. The molecule has 4 unspecified atom stereocenters. The fraction of sp³-hybridized carbons (Fsp3) is 0.400. The van der Waals surface area contributed by atoms with Crippen LogP contribution in [0.25, 0.3) is 0 Å². The van der Waals surface area contributed by atoms with E-state index in [-0.39, 0.29) is 23.8 Å². The molecule has 4 heterocycles. The smallest absolute Gasteiger partial charge is 0.250 e. The van der Waals surface area contributed by atoms with E-state index in [1.807, 2.05) is 12.1 Å². The molecule has 3 fully saturated rings. The van der Waals surface area contributed by atoms with Gasteiger partial charge in [-0.2, -0.15) is 0 Å². The molecule has 3 saturated heterocycles. The highest BCUT2D eigenvalue weighted by Crippen LogP contribution is 2.60. The van der Waals surface area contributed by atoms with Crippen molar-refractivity contribution >= 4 is 29.1 Å². The van der Waals surface area contributed by atoms with Crippen molar-refractivity contribution in [1.82, 2.24) is 4.90 Å². The molecule has 6 rings (SSSR count). The zero-order chi connectivity index (χ0) is 22.2. The van der Waals surface area contributed by atoms with Gasteiger partial charge in [0.1, 0.15) is 11.3 Å². The minimum Gasteiger partial charge on any atom is -0.497 e. The molecule has 4 aliphatic rings. The molecule has 7 heteroatoms. The molecule has 0 aromatic heterocycles. The molecule has 1 spiro atoms. The first kappa shape index (κ1) is 19.5. The van der Waals surface area contributed by atoms with Gasteiger partial charge in [0.05, 0.1) is 24.6 Å². The van der Waals surface area contributed by atoms with Gasteiger partial charge < -0.3 is 10.1 Å². The van der Waals surface area contributed by atoms with Gasteiger partial charge in [-0.3, -0.25) is 19.3 Å². The third-order valence-corrected chi connectivity index (χ3v) is 7.78. The van der Waals surface area contributed by atoms with Crippen LogP contribution in [0.3, 0.4) is 0 Å². The number of amides is 3. The average Bonchev–Trinajstić information content (AvgIpc) is 3.51. The van der Waals surface area contributed by atoms with E-state index in [4.69, 9.17) is 4.74 Å². The van der Waals surface area contributed by atoms with Crippen LogP contribution >= 0.6 is 0 Å². The molecule has 0 saturated carbocycles. The lowest BCUT2D eigenvalue weighted by Gasteiger charge is -2.36. The van der Waals surface area contributed by atoms with Crippen LogP contribution in [0.1, 0.15) is 30.9 Å². The highest BCUT2D eigenvalue weighted by atomic mass is 16.5. The summed E-state index contributed by atoms with van der Waals surface area (Å²) in [5.41, 5.74) is 2.07. The Morgan fingerprint density at radius 2 is 1.97 bits per heavy atom. The quantitative estimate of drug-likeness (QED) is 0.756. The molecule has 2 aromatic rings. The van der Waals surface area contributed by atoms with E-state index in [0.717, 1.165) is 36.1 Å². The van der Waals surface area contributed by atoms with Crippen LogP contribution in [0.15, 0.2) is 42.5 Å². The SMILES string of the molecule is CCc1ccc2c(c1)C1(C(=O)N2)C2C(=O)N(c3cccc(OC)c3)C(=O)C2C2CCCN21. The number of aryl methyl sites for hydroxylation is 1. The number of rotatable bonds is 3. The maximum absolute atomic E-state index is 14.0. The van der Waals surface area contributed by atoms with Crippen molar-refractivity contribution in [2.45, 2.75) is 37.8 Å². The zero-order valence-corrected chi connectivity index (χ0v) is 18.1. The number of hydrogen-bond acceptors (Lipinski definition) is 5. The van der Waals surface area contributed by atoms with Crippen molar-refractivity contribution in [2.24, 2.45) is 11.8 Å². The van der Waals surface area contributed by atoms with Gasteiger partial charge in [0.2, 0.25) is 17.7 Å². The third-order valence-electron chi connectivity index (χ3n) is 7.78. The monoisotopic (exact) mass is 431 g/mol. The largest absolute Gasteiger partial charge is 0.497 e. The minimum atomic E-state index is -1.13. The van der Waals surface area contributed by atoms with Crippen LogP contribution in [-0.4, -0.2) is 42.3 Å². The molecule has 164 valence electrons. The number of ether oxygens (including phenoxy) is 1. The van der Waals surface area contributed by atoms with Gasteiger partial charge in [-0.15, -0.1) is 0 Å². The second-order valence-electron chi connectivity index (χ2n) is 9.07. The summed E-state index contributed by atoms with van der Waals surface area (Å²) < 4.78 is 5.31. The molecule has 0 aliphatic carbocycles. The Bertz CT molecular complexity index is 1180. The van der Waals surface area contributed by atoms with Crippen molar-refractivity contribution in [1.29, 1.82) is 0 Å². The highest BCUT2D eigenvalue weighted by Gasteiger charge is 2.74. The number of carbonyl (C=O) groups is 3. The molecule has 4 aliphatic heterocycles. The second-order valence-corrected chi connectivity index (χ2v) is 9.07. The van der Waals surface area contributed by atoms with Gasteiger partial charge in [-0.1, -0.05) is 25.1 Å². The summed E-state index contributed by atoms with van der Waals surface area (Å²) in [6.45, 7) is 2.78. The van der Waals surface area contributed by atoms with Crippen LogP contribution in [-0.2, 0) is 26.3 Å². The summed E-state index contributed by atoms with van der Waals surface area (Å²) in [7, 11) is 1.55. The number of nitrogens with one attached hydrogen (secondary N) is 1. The molecule has 0 bridgehead atoms. The normalized spacial score (nSPS) is 30.6. The zero-order valence-electron chi connectivity index (χ0n) is 18.1. The van der Waals surface area contributed by atoms with E-state index in [1.54, 1.807) is 31.4 Å².